The summed E-state index contributed by atoms with van der Waals surface area (Å²) in [4.78, 5) is 29.5. The van der Waals surface area contributed by atoms with Gasteiger partial charge in [0.05, 0.1) is 17.2 Å². The van der Waals surface area contributed by atoms with E-state index in [4.69, 9.17) is 5.11 Å². The lowest BCUT2D eigenvalue weighted by Crippen LogP contribution is -2.38. The molecule has 25 heavy (non-hydrogen) atoms. The molecule has 1 aliphatic rings. The number of halogens is 2. The molecule has 1 aromatic carbocycles. The van der Waals surface area contributed by atoms with Crippen molar-refractivity contribution in [2.75, 3.05) is 13.1 Å². The highest BCUT2D eigenvalue weighted by Gasteiger charge is 2.47. The SMILES string of the molecule is Cc1nc(Cc2ccc(F)cc2)sc1C(=O)N1CCC(F)(C(=O)O)C1. The molecule has 1 saturated heterocycles. The number of alkyl halides is 1. The van der Waals surface area contributed by atoms with Gasteiger partial charge in [0.15, 0.2) is 0 Å². The Balaban J connectivity index is 1.75. The Hall–Kier alpha value is -2.35. The van der Waals surface area contributed by atoms with Crippen molar-refractivity contribution >= 4 is 23.2 Å². The number of benzene rings is 1. The van der Waals surface area contributed by atoms with Crippen molar-refractivity contribution < 1.29 is 23.5 Å². The fourth-order valence-corrected chi connectivity index (χ4v) is 3.83. The van der Waals surface area contributed by atoms with Crippen LogP contribution in [0.4, 0.5) is 8.78 Å². The third-order valence-corrected chi connectivity index (χ3v) is 5.34. The molecule has 1 aromatic heterocycles. The zero-order valence-corrected chi connectivity index (χ0v) is 14.3. The smallest absolute Gasteiger partial charge is 0.343 e. The number of aromatic nitrogens is 1. The van der Waals surface area contributed by atoms with E-state index in [2.05, 4.69) is 4.98 Å². The van der Waals surface area contributed by atoms with Crippen LogP contribution in [0.5, 0.6) is 0 Å². The molecular formula is C17H16F2N2O3S. The maximum absolute atomic E-state index is 14.2. The second kappa shape index (κ2) is 6.51. The van der Waals surface area contributed by atoms with E-state index >= 15 is 0 Å². The standard InChI is InChI=1S/C17H16F2N2O3S/c1-10-14(15(22)21-7-6-17(19,9-21)16(23)24)25-13(20-10)8-11-2-4-12(18)5-3-11/h2-5H,6-9H2,1H3,(H,23,24). The first-order valence-corrected chi connectivity index (χ1v) is 8.52. The molecule has 1 fully saturated rings. The molecule has 1 aliphatic heterocycles. The Bertz CT molecular complexity index is 822. The number of rotatable bonds is 4. The van der Waals surface area contributed by atoms with Gasteiger partial charge in [0.2, 0.25) is 5.67 Å². The number of carbonyl (C=O) groups is 2. The van der Waals surface area contributed by atoms with Crippen LogP contribution in [0.25, 0.3) is 0 Å². The largest absolute Gasteiger partial charge is 0.479 e. The summed E-state index contributed by atoms with van der Waals surface area (Å²) in [6.07, 6.45) is 0.246. The van der Waals surface area contributed by atoms with Crippen molar-refractivity contribution in [3.63, 3.8) is 0 Å². The Morgan fingerprint density at radius 1 is 1.36 bits per heavy atom. The molecule has 0 spiro atoms. The van der Waals surface area contributed by atoms with Gasteiger partial charge in [-0.2, -0.15) is 0 Å². The highest BCUT2D eigenvalue weighted by molar-refractivity contribution is 7.13. The molecule has 0 saturated carbocycles. The first kappa shape index (κ1) is 17.5. The molecule has 5 nitrogen and oxygen atoms in total. The Labute approximate surface area is 146 Å². The average molecular weight is 366 g/mol. The summed E-state index contributed by atoms with van der Waals surface area (Å²) in [6.45, 7) is 1.30. The van der Waals surface area contributed by atoms with Gasteiger partial charge in [0.1, 0.15) is 10.7 Å². The topological polar surface area (TPSA) is 70.5 Å². The summed E-state index contributed by atoms with van der Waals surface area (Å²) in [6, 6.07) is 6.02. The minimum Gasteiger partial charge on any atom is -0.479 e. The highest BCUT2D eigenvalue weighted by Crippen LogP contribution is 2.29. The Kier molecular flexibility index (Phi) is 4.55. The predicted octanol–water partition coefficient (Wildman–Crippen LogP) is 2.82. The molecule has 2 aromatic rings. The Morgan fingerprint density at radius 2 is 2.04 bits per heavy atom. The van der Waals surface area contributed by atoms with Gasteiger partial charge in [-0.15, -0.1) is 11.3 Å². The van der Waals surface area contributed by atoms with Crippen molar-refractivity contribution in [3.8, 4) is 0 Å². The van der Waals surface area contributed by atoms with Gasteiger partial charge < -0.3 is 10.0 Å². The second-order valence-electron chi connectivity index (χ2n) is 6.07. The van der Waals surface area contributed by atoms with Crippen molar-refractivity contribution in [3.05, 3.63) is 51.2 Å². The molecule has 2 heterocycles. The molecule has 1 amide bonds. The van der Waals surface area contributed by atoms with Gasteiger partial charge in [-0.05, 0) is 24.6 Å². The number of amides is 1. The number of carboxylic acids is 1. The number of aliphatic carboxylic acids is 1. The quantitative estimate of drug-likeness (QED) is 0.903. The van der Waals surface area contributed by atoms with Crippen LogP contribution in [0.1, 0.15) is 32.4 Å². The van der Waals surface area contributed by atoms with Crippen molar-refractivity contribution in [2.24, 2.45) is 0 Å². The predicted molar refractivity (Wildman–Crippen MR) is 88.1 cm³/mol. The lowest BCUT2D eigenvalue weighted by molar-refractivity contribution is -0.149. The molecule has 0 bridgehead atoms. The first-order valence-electron chi connectivity index (χ1n) is 7.71. The van der Waals surface area contributed by atoms with E-state index in [9.17, 15) is 18.4 Å². The number of hydrogen-bond donors (Lipinski definition) is 1. The van der Waals surface area contributed by atoms with Crippen LogP contribution in [-0.2, 0) is 11.2 Å². The molecular weight excluding hydrogens is 350 g/mol. The van der Waals surface area contributed by atoms with E-state index in [0.717, 1.165) is 5.56 Å². The zero-order valence-electron chi connectivity index (χ0n) is 13.5. The summed E-state index contributed by atoms with van der Waals surface area (Å²) >= 11 is 1.20. The normalized spacial score (nSPS) is 20.0. The molecule has 0 radical (unpaired) electrons. The third-order valence-electron chi connectivity index (χ3n) is 4.19. The van der Waals surface area contributed by atoms with Gasteiger partial charge >= 0.3 is 5.97 Å². The fourth-order valence-electron chi connectivity index (χ4n) is 2.77. The van der Waals surface area contributed by atoms with Crippen LogP contribution in [0, 0.1) is 12.7 Å². The zero-order chi connectivity index (χ0) is 18.2. The van der Waals surface area contributed by atoms with Crippen molar-refractivity contribution in [1.82, 2.24) is 9.88 Å². The van der Waals surface area contributed by atoms with Crippen LogP contribution in [0.3, 0.4) is 0 Å². The number of hydrogen-bond acceptors (Lipinski definition) is 4. The van der Waals surface area contributed by atoms with Crippen LogP contribution in [-0.4, -0.2) is 45.6 Å². The van der Waals surface area contributed by atoms with Crippen LogP contribution >= 0.6 is 11.3 Å². The number of carboxylic acid groups (broad SMARTS) is 1. The van der Waals surface area contributed by atoms with Gasteiger partial charge in [-0.25, -0.2) is 18.6 Å². The molecule has 8 heteroatoms. The van der Waals surface area contributed by atoms with Gasteiger partial charge in [-0.1, -0.05) is 12.1 Å². The van der Waals surface area contributed by atoms with Crippen molar-refractivity contribution in [1.29, 1.82) is 0 Å². The van der Waals surface area contributed by atoms with E-state index in [1.165, 1.54) is 28.4 Å². The summed E-state index contributed by atoms with van der Waals surface area (Å²) in [5.41, 5.74) is -0.992. The number of carbonyl (C=O) groups excluding carboxylic acids is 1. The van der Waals surface area contributed by atoms with Gasteiger partial charge in [0, 0.05) is 19.4 Å². The van der Waals surface area contributed by atoms with Gasteiger partial charge in [0.25, 0.3) is 5.91 Å². The summed E-state index contributed by atoms with van der Waals surface area (Å²) in [7, 11) is 0. The van der Waals surface area contributed by atoms with E-state index in [1.54, 1.807) is 19.1 Å². The van der Waals surface area contributed by atoms with E-state index in [1.807, 2.05) is 0 Å². The minimum absolute atomic E-state index is 0.0618. The number of thiazole rings is 1. The summed E-state index contributed by atoms with van der Waals surface area (Å²) in [5, 5.41) is 9.63. The minimum atomic E-state index is -2.38. The third kappa shape index (κ3) is 3.53. The fraction of sp³-hybridized carbons (Fsp3) is 0.353. The number of nitrogens with zero attached hydrogens (tertiary/aromatic N) is 2. The lowest BCUT2D eigenvalue weighted by Gasteiger charge is -2.17. The van der Waals surface area contributed by atoms with Crippen LogP contribution in [0.2, 0.25) is 0 Å². The molecule has 132 valence electrons. The van der Waals surface area contributed by atoms with Crippen LogP contribution < -0.4 is 0 Å². The first-order chi connectivity index (χ1) is 11.8. The average Bonchev–Trinajstić information content (AvgIpc) is 3.13. The Morgan fingerprint density at radius 3 is 2.64 bits per heavy atom. The lowest BCUT2D eigenvalue weighted by atomic mass is 10.1. The van der Waals surface area contributed by atoms with E-state index < -0.39 is 24.1 Å². The maximum atomic E-state index is 14.2. The highest BCUT2D eigenvalue weighted by atomic mass is 32.1. The van der Waals surface area contributed by atoms with E-state index in [0.29, 0.717) is 22.0 Å². The molecule has 1 atom stereocenters. The molecule has 0 aliphatic carbocycles. The second-order valence-corrected chi connectivity index (χ2v) is 7.16. The van der Waals surface area contributed by atoms with Crippen LogP contribution in [0.15, 0.2) is 24.3 Å². The summed E-state index contributed by atoms with van der Waals surface area (Å²) < 4.78 is 27.1. The maximum Gasteiger partial charge on any atom is 0.343 e. The van der Waals surface area contributed by atoms with Gasteiger partial charge in [-0.3, -0.25) is 4.79 Å². The van der Waals surface area contributed by atoms with E-state index in [-0.39, 0.29) is 18.8 Å². The molecule has 1 unspecified atom stereocenters. The number of aryl methyl sites for hydroxylation is 1. The summed E-state index contributed by atoms with van der Waals surface area (Å²) in [5.74, 6) is -2.26. The molecule has 3 rings (SSSR count). The van der Waals surface area contributed by atoms with Crippen molar-refractivity contribution in [2.45, 2.75) is 25.4 Å². The molecule has 1 N–H and O–H groups in total. The monoisotopic (exact) mass is 366 g/mol. The number of likely N-dealkylation sites (tertiary alicyclic amines) is 1.